The quantitative estimate of drug-likeness (QED) is 0.909. The van der Waals surface area contributed by atoms with E-state index in [2.05, 4.69) is 10.3 Å². The summed E-state index contributed by atoms with van der Waals surface area (Å²) in [6.45, 7) is 1.26. The highest BCUT2D eigenvalue weighted by molar-refractivity contribution is 6.30. The SMILES string of the molecule is CC(=O)CNC(=O)c1ncc(-c2cccc(Cl)c2)cc1O. The van der Waals surface area contributed by atoms with E-state index >= 15 is 0 Å². The van der Waals surface area contributed by atoms with Crippen LogP contribution in [0.1, 0.15) is 17.4 Å². The van der Waals surface area contributed by atoms with Crippen LogP contribution in [0.2, 0.25) is 5.02 Å². The van der Waals surface area contributed by atoms with E-state index in [4.69, 9.17) is 11.6 Å². The molecule has 0 bridgehead atoms. The van der Waals surface area contributed by atoms with Gasteiger partial charge in [0.15, 0.2) is 5.69 Å². The zero-order chi connectivity index (χ0) is 15.4. The highest BCUT2D eigenvalue weighted by Crippen LogP contribution is 2.26. The summed E-state index contributed by atoms with van der Waals surface area (Å²) in [5.41, 5.74) is 1.29. The van der Waals surface area contributed by atoms with E-state index < -0.39 is 5.91 Å². The van der Waals surface area contributed by atoms with Crippen molar-refractivity contribution in [2.24, 2.45) is 0 Å². The molecule has 0 spiro atoms. The average molecular weight is 305 g/mol. The summed E-state index contributed by atoms with van der Waals surface area (Å²) < 4.78 is 0. The molecule has 0 aliphatic carbocycles. The highest BCUT2D eigenvalue weighted by Gasteiger charge is 2.14. The molecule has 1 aromatic heterocycles. The van der Waals surface area contributed by atoms with Crippen LogP contribution < -0.4 is 5.32 Å². The van der Waals surface area contributed by atoms with Crippen molar-refractivity contribution in [2.75, 3.05) is 6.54 Å². The molecule has 1 heterocycles. The van der Waals surface area contributed by atoms with Crippen LogP contribution >= 0.6 is 11.6 Å². The minimum Gasteiger partial charge on any atom is -0.505 e. The summed E-state index contributed by atoms with van der Waals surface area (Å²) in [5, 5.41) is 12.9. The molecule has 0 saturated carbocycles. The standard InChI is InChI=1S/C15H13ClN2O3/c1-9(19)7-18-15(21)14-13(20)6-11(8-17-14)10-3-2-4-12(16)5-10/h2-6,8,20H,7H2,1H3,(H,18,21). The molecule has 2 rings (SSSR count). The molecule has 0 aliphatic rings. The van der Waals surface area contributed by atoms with E-state index in [1.165, 1.54) is 19.2 Å². The molecule has 21 heavy (non-hydrogen) atoms. The maximum absolute atomic E-state index is 11.8. The van der Waals surface area contributed by atoms with Gasteiger partial charge in [0.25, 0.3) is 5.91 Å². The number of ketones is 1. The molecule has 5 nitrogen and oxygen atoms in total. The number of hydrogen-bond acceptors (Lipinski definition) is 4. The first-order valence-corrected chi connectivity index (χ1v) is 6.58. The lowest BCUT2D eigenvalue weighted by atomic mass is 10.1. The molecular formula is C15H13ClN2O3. The molecule has 108 valence electrons. The van der Waals surface area contributed by atoms with E-state index in [9.17, 15) is 14.7 Å². The van der Waals surface area contributed by atoms with Gasteiger partial charge in [-0.1, -0.05) is 23.7 Å². The smallest absolute Gasteiger partial charge is 0.274 e. The van der Waals surface area contributed by atoms with Crippen molar-refractivity contribution in [3.63, 3.8) is 0 Å². The molecule has 1 aromatic carbocycles. The van der Waals surface area contributed by atoms with Gasteiger partial charge in [-0.2, -0.15) is 0 Å². The van der Waals surface area contributed by atoms with Crippen molar-refractivity contribution in [3.05, 3.63) is 47.2 Å². The van der Waals surface area contributed by atoms with Crippen molar-refractivity contribution in [3.8, 4) is 16.9 Å². The average Bonchev–Trinajstić information content (AvgIpc) is 2.44. The van der Waals surface area contributed by atoms with E-state index in [-0.39, 0.29) is 23.8 Å². The summed E-state index contributed by atoms with van der Waals surface area (Å²) in [5.74, 6) is -1.03. The fourth-order valence-corrected chi connectivity index (χ4v) is 1.93. The van der Waals surface area contributed by atoms with Crippen LogP contribution in [0.5, 0.6) is 5.75 Å². The highest BCUT2D eigenvalue weighted by atomic mass is 35.5. The van der Waals surface area contributed by atoms with Gasteiger partial charge >= 0.3 is 0 Å². The zero-order valence-electron chi connectivity index (χ0n) is 11.3. The van der Waals surface area contributed by atoms with Crippen LogP contribution in [0.3, 0.4) is 0 Å². The summed E-state index contributed by atoms with van der Waals surface area (Å²) in [6, 6.07) is 8.50. The topological polar surface area (TPSA) is 79.3 Å². The lowest BCUT2D eigenvalue weighted by Crippen LogP contribution is -2.29. The first-order valence-electron chi connectivity index (χ1n) is 6.20. The Bertz CT molecular complexity index is 701. The number of aromatic nitrogens is 1. The van der Waals surface area contributed by atoms with Gasteiger partial charge in [-0.15, -0.1) is 0 Å². The van der Waals surface area contributed by atoms with Crippen molar-refractivity contribution in [2.45, 2.75) is 6.92 Å². The lowest BCUT2D eigenvalue weighted by molar-refractivity contribution is -0.116. The van der Waals surface area contributed by atoms with Gasteiger partial charge in [0, 0.05) is 16.8 Å². The van der Waals surface area contributed by atoms with E-state index in [0.717, 1.165) is 5.56 Å². The Balaban J connectivity index is 2.25. The Hall–Kier alpha value is -2.40. The van der Waals surface area contributed by atoms with Gasteiger partial charge < -0.3 is 10.4 Å². The molecular weight excluding hydrogens is 292 g/mol. The molecule has 6 heteroatoms. The molecule has 0 unspecified atom stereocenters. The third-order valence-corrected chi connectivity index (χ3v) is 2.97. The van der Waals surface area contributed by atoms with Crippen LogP contribution in [-0.4, -0.2) is 28.3 Å². The molecule has 0 radical (unpaired) electrons. The molecule has 0 fully saturated rings. The minimum absolute atomic E-state index is 0.101. The lowest BCUT2D eigenvalue weighted by Gasteiger charge is -2.07. The van der Waals surface area contributed by atoms with Crippen LogP contribution in [0.25, 0.3) is 11.1 Å². The Kier molecular flexibility index (Phi) is 4.55. The number of nitrogens with one attached hydrogen (secondary N) is 1. The summed E-state index contributed by atoms with van der Waals surface area (Å²) in [7, 11) is 0. The monoisotopic (exact) mass is 304 g/mol. The number of carbonyl (C=O) groups excluding carboxylic acids is 2. The predicted molar refractivity (Wildman–Crippen MR) is 79.4 cm³/mol. The molecule has 2 N–H and O–H groups in total. The second-order valence-corrected chi connectivity index (χ2v) is 4.92. The van der Waals surface area contributed by atoms with E-state index in [1.54, 1.807) is 18.2 Å². The van der Waals surface area contributed by atoms with E-state index in [1.807, 2.05) is 6.07 Å². The number of pyridine rings is 1. The van der Waals surface area contributed by atoms with Crippen molar-refractivity contribution >= 4 is 23.3 Å². The fourth-order valence-electron chi connectivity index (χ4n) is 1.74. The maximum Gasteiger partial charge on any atom is 0.274 e. The second kappa shape index (κ2) is 6.37. The molecule has 0 aliphatic heterocycles. The Morgan fingerprint density at radius 1 is 1.29 bits per heavy atom. The van der Waals surface area contributed by atoms with Crippen LogP contribution in [-0.2, 0) is 4.79 Å². The second-order valence-electron chi connectivity index (χ2n) is 4.49. The normalized spacial score (nSPS) is 10.2. The largest absolute Gasteiger partial charge is 0.505 e. The number of benzene rings is 1. The molecule has 0 saturated heterocycles. The third kappa shape index (κ3) is 3.79. The first kappa shape index (κ1) is 15.0. The van der Waals surface area contributed by atoms with Gasteiger partial charge in [0.2, 0.25) is 0 Å². The number of amides is 1. The first-order chi connectivity index (χ1) is 9.97. The maximum atomic E-state index is 11.8. The van der Waals surface area contributed by atoms with Crippen molar-refractivity contribution < 1.29 is 14.7 Å². The number of hydrogen-bond donors (Lipinski definition) is 2. The number of rotatable bonds is 4. The van der Waals surface area contributed by atoms with Crippen molar-refractivity contribution in [1.82, 2.24) is 10.3 Å². The van der Waals surface area contributed by atoms with Gasteiger partial charge in [-0.3, -0.25) is 9.59 Å². The number of aromatic hydroxyl groups is 1. The van der Waals surface area contributed by atoms with Crippen LogP contribution in [0.4, 0.5) is 0 Å². The molecule has 0 atom stereocenters. The zero-order valence-corrected chi connectivity index (χ0v) is 12.0. The van der Waals surface area contributed by atoms with Gasteiger partial charge in [0.05, 0.1) is 6.54 Å². The number of Topliss-reactive ketones (excluding diaryl/α,β-unsaturated/α-hetero) is 1. The summed E-state index contributed by atoms with van der Waals surface area (Å²) in [6.07, 6.45) is 1.47. The van der Waals surface area contributed by atoms with E-state index in [0.29, 0.717) is 10.6 Å². The Labute approximate surface area is 126 Å². The van der Waals surface area contributed by atoms with Crippen LogP contribution in [0.15, 0.2) is 36.5 Å². The minimum atomic E-state index is -0.597. The fraction of sp³-hybridized carbons (Fsp3) is 0.133. The Morgan fingerprint density at radius 3 is 2.67 bits per heavy atom. The summed E-state index contributed by atoms with van der Waals surface area (Å²) in [4.78, 5) is 26.5. The van der Waals surface area contributed by atoms with Gasteiger partial charge in [0.1, 0.15) is 11.5 Å². The van der Waals surface area contributed by atoms with Gasteiger partial charge in [-0.25, -0.2) is 4.98 Å². The number of carbonyl (C=O) groups is 2. The predicted octanol–water partition coefficient (Wildman–Crippen LogP) is 2.43. The summed E-state index contributed by atoms with van der Waals surface area (Å²) >= 11 is 5.91. The third-order valence-electron chi connectivity index (χ3n) is 2.74. The molecule has 1 amide bonds. The number of halogens is 1. The van der Waals surface area contributed by atoms with Crippen molar-refractivity contribution in [1.29, 1.82) is 0 Å². The van der Waals surface area contributed by atoms with Gasteiger partial charge in [-0.05, 0) is 30.7 Å². The van der Waals surface area contributed by atoms with Crippen LogP contribution in [0, 0.1) is 0 Å². The molecule has 2 aromatic rings. The number of nitrogens with zero attached hydrogens (tertiary/aromatic N) is 1. The Morgan fingerprint density at radius 2 is 2.05 bits per heavy atom.